The third kappa shape index (κ3) is 2.82. The smallest absolute Gasteiger partial charge is 0.0660 e. The van der Waals surface area contributed by atoms with E-state index in [0.29, 0.717) is 6.04 Å². The van der Waals surface area contributed by atoms with Crippen LogP contribution in [0, 0.1) is 16.7 Å². The number of aryl methyl sites for hydroxylation is 3. The molecule has 1 atom stereocenters. The Labute approximate surface area is 132 Å². The number of hydrogen-bond donors (Lipinski definition) is 1. The Morgan fingerprint density at radius 1 is 1.26 bits per heavy atom. The first-order valence-electron chi connectivity index (χ1n) is 6.75. The highest BCUT2D eigenvalue weighted by Crippen LogP contribution is 2.38. The van der Waals surface area contributed by atoms with E-state index >= 15 is 0 Å². The first-order chi connectivity index (χ1) is 9.13. The minimum Gasteiger partial charge on any atom is -0.378 e. The average molecular weight is 383 g/mol. The summed E-state index contributed by atoms with van der Waals surface area (Å²) >= 11 is 4.40. The second-order valence-electron chi connectivity index (χ2n) is 5.34. The third-order valence-electron chi connectivity index (χ3n) is 3.80. The van der Waals surface area contributed by atoms with Crippen LogP contribution in [0.2, 0.25) is 0 Å². The molecule has 0 amide bonds. The number of fused-ring (bicyclic) bond motifs is 1. The molecule has 3 rings (SSSR count). The molecule has 0 spiro atoms. The predicted octanol–water partition coefficient (Wildman–Crippen LogP) is 5.46. The Bertz CT molecular complexity index is 603. The molecule has 1 N–H and O–H groups in total. The van der Waals surface area contributed by atoms with Gasteiger partial charge in [-0.3, -0.25) is 0 Å². The van der Waals surface area contributed by atoms with Crippen LogP contribution in [0.5, 0.6) is 0 Å². The number of rotatable bonds is 2. The molecule has 3 heteroatoms. The zero-order valence-electron chi connectivity index (χ0n) is 11.3. The van der Waals surface area contributed by atoms with Crippen LogP contribution in [0.1, 0.15) is 40.5 Å². The molecule has 0 saturated carbocycles. The maximum Gasteiger partial charge on any atom is 0.0660 e. The predicted molar refractivity (Wildman–Crippen MR) is 92.3 cm³/mol. The van der Waals surface area contributed by atoms with Gasteiger partial charge in [-0.15, -0.1) is 11.3 Å². The lowest BCUT2D eigenvalue weighted by Crippen LogP contribution is -2.16. The summed E-state index contributed by atoms with van der Waals surface area (Å²) in [4.78, 5) is 1.58. The van der Waals surface area contributed by atoms with Gasteiger partial charge in [0.05, 0.1) is 8.93 Å². The summed E-state index contributed by atoms with van der Waals surface area (Å²) in [5, 5.41) is 3.75. The molecule has 1 aromatic heterocycles. The molecule has 1 nitrogen and oxygen atoms in total. The van der Waals surface area contributed by atoms with Crippen molar-refractivity contribution in [2.24, 2.45) is 0 Å². The molecular weight excluding hydrogens is 365 g/mol. The molecule has 1 heterocycles. The molecule has 0 bridgehead atoms. The van der Waals surface area contributed by atoms with Gasteiger partial charge >= 0.3 is 0 Å². The van der Waals surface area contributed by atoms with Gasteiger partial charge in [0.25, 0.3) is 0 Å². The Kier molecular flexibility index (Phi) is 3.85. The summed E-state index contributed by atoms with van der Waals surface area (Å²) in [6.07, 6.45) is 3.80. The fourth-order valence-electron chi connectivity index (χ4n) is 2.83. The van der Waals surface area contributed by atoms with Gasteiger partial charge in [0.2, 0.25) is 0 Å². The van der Waals surface area contributed by atoms with E-state index in [1.165, 1.54) is 44.5 Å². The summed E-state index contributed by atoms with van der Waals surface area (Å²) in [6, 6.07) is 9.52. The van der Waals surface area contributed by atoms with E-state index < -0.39 is 0 Å². The van der Waals surface area contributed by atoms with Crippen LogP contribution < -0.4 is 5.32 Å². The fraction of sp³-hybridized carbons (Fsp3) is 0.375. The first-order valence-corrected chi connectivity index (χ1v) is 8.65. The van der Waals surface area contributed by atoms with Crippen molar-refractivity contribution in [1.82, 2.24) is 0 Å². The minimum absolute atomic E-state index is 0.491. The molecule has 1 aromatic carbocycles. The van der Waals surface area contributed by atoms with Crippen molar-refractivity contribution in [3.63, 3.8) is 0 Å². The molecule has 0 saturated heterocycles. The van der Waals surface area contributed by atoms with Crippen molar-refractivity contribution < 1.29 is 0 Å². The van der Waals surface area contributed by atoms with Crippen LogP contribution in [-0.2, 0) is 6.42 Å². The molecule has 19 heavy (non-hydrogen) atoms. The highest BCUT2D eigenvalue weighted by atomic mass is 127. The van der Waals surface area contributed by atoms with Crippen molar-refractivity contribution in [3.8, 4) is 0 Å². The second kappa shape index (κ2) is 5.44. The van der Waals surface area contributed by atoms with E-state index in [0.717, 1.165) is 0 Å². The number of anilines is 1. The number of benzene rings is 1. The monoisotopic (exact) mass is 383 g/mol. The quantitative estimate of drug-likeness (QED) is 0.680. The van der Waals surface area contributed by atoms with Gasteiger partial charge in [0.1, 0.15) is 0 Å². The fourth-order valence-corrected chi connectivity index (χ4v) is 4.95. The molecule has 100 valence electrons. The van der Waals surface area contributed by atoms with Gasteiger partial charge in [-0.2, -0.15) is 0 Å². The lowest BCUT2D eigenvalue weighted by Gasteiger charge is -2.25. The van der Waals surface area contributed by atoms with Crippen molar-refractivity contribution in [2.75, 3.05) is 5.32 Å². The normalized spacial score (nSPS) is 18.2. The second-order valence-corrected chi connectivity index (χ2v) is 8.37. The van der Waals surface area contributed by atoms with Crippen LogP contribution in [0.25, 0.3) is 0 Å². The topological polar surface area (TPSA) is 12.0 Å². The minimum atomic E-state index is 0.491. The Morgan fingerprint density at radius 2 is 2.11 bits per heavy atom. The maximum absolute atomic E-state index is 3.75. The first kappa shape index (κ1) is 13.4. The molecule has 1 aliphatic carbocycles. The van der Waals surface area contributed by atoms with Crippen LogP contribution in [0.4, 0.5) is 5.69 Å². The van der Waals surface area contributed by atoms with Crippen LogP contribution in [0.15, 0.2) is 24.3 Å². The average Bonchev–Trinajstić information content (AvgIpc) is 2.74. The Hall–Kier alpha value is -0.550. The van der Waals surface area contributed by atoms with E-state index in [4.69, 9.17) is 0 Å². The van der Waals surface area contributed by atoms with Crippen molar-refractivity contribution in [3.05, 3.63) is 48.7 Å². The maximum atomic E-state index is 3.75. The zero-order valence-corrected chi connectivity index (χ0v) is 14.3. The van der Waals surface area contributed by atoms with Gasteiger partial charge in [-0.05, 0) is 79.0 Å². The molecule has 2 aromatic rings. The Balaban J connectivity index is 1.88. The molecule has 0 fully saturated rings. The lowest BCUT2D eigenvalue weighted by molar-refractivity contribution is 0.608. The largest absolute Gasteiger partial charge is 0.378 e. The standard InChI is InChI=1S/C16H18INS/c1-10-6-7-13(11(2)8-10)18-14-4-3-5-15-12(14)9-16(17)19-15/h6-9,14,18H,3-5H2,1-2H3. The van der Waals surface area contributed by atoms with Crippen molar-refractivity contribution in [1.29, 1.82) is 0 Å². The van der Waals surface area contributed by atoms with E-state index in [9.17, 15) is 0 Å². The summed E-state index contributed by atoms with van der Waals surface area (Å²) in [6.45, 7) is 4.34. The van der Waals surface area contributed by atoms with Gasteiger partial charge in [0.15, 0.2) is 0 Å². The Morgan fingerprint density at radius 3 is 2.89 bits per heavy atom. The summed E-state index contributed by atoms with van der Waals surface area (Å²) < 4.78 is 1.41. The number of hydrogen-bond acceptors (Lipinski definition) is 2. The van der Waals surface area contributed by atoms with Gasteiger partial charge in [0, 0.05) is 10.6 Å². The lowest BCUT2D eigenvalue weighted by atomic mass is 9.93. The van der Waals surface area contributed by atoms with Gasteiger partial charge in [-0.1, -0.05) is 17.7 Å². The number of thiophene rings is 1. The summed E-state index contributed by atoms with van der Waals surface area (Å²) in [5.74, 6) is 0. The van der Waals surface area contributed by atoms with Crippen LogP contribution in [-0.4, -0.2) is 0 Å². The highest BCUT2D eigenvalue weighted by molar-refractivity contribution is 14.1. The number of nitrogens with one attached hydrogen (secondary N) is 1. The molecule has 1 aliphatic rings. The summed E-state index contributed by atoms with van der Waals surface area (Å²) in [5.41, 5.74) is 5.49. The number of halogens is 1. The molecule has 1 unspecified atom stereocenters. The summed E-state index contributed by atoms with van der Waals surface area (Å²) in [7, 11) is 0. The SMILES string of the molecule is Cc1ccc(NC2CCCc3sc(I)cc32)c(C)c1. The van der Waals surface area contributed by atoms with Crippen LogP contribution in [0.3, 0.4) is 0 Å². The molecule has 0 radical (unpaired) electrons. The highest BCUT2D eigenvalue weighted by Gasteiger charge is 2.22. The van der Waals surface area contributed by atoms with E-state index in [1.54, 1.807) is 4.88 Å². The van der Waals surface area contributed by atoms with E-state index in [1.807, 2.05) is 11.3 Å². The van der Waals surface area contributed by atoms with Gasteiger partial charge in [-0.25, -0.2) is 0 Å². The van der Waals surface area contributed by atoms with Crippen LogP contribution >= 0.6 is 33.9 Å². The third-order valence-corrected chi connectivity index (χ3v) is 5.77. The van der Waals surface area contributed by atoms with Gasteiger partial charge < -0.3 is 5.32 Å². The van der Waals surface area contributed by atoms with Crippen molar-refractivity contribution in [2.45, 2.75) is 39.2 Å². The van der Waals surface area contributed by atoms with Crippen molar-refractivity contribution >= 4 is 39.6 Å². The molecule has 0 aliphatic heterocycles. The zero-order chi connectivity index (χ0) is 13.4. The molecular formula is C16H18INS. The van der Waals surface area contributed by atoms with E-state index in [-0.39, 0.29) is 0 Å². The van der Waals surface area contributed by atoms with E-state index in [2.05, 4.69) is 66.0 Å².